The Labute approximate surface area is 151 Å². The molecule has 2 aromatic heterocycles. The molecular formula is C18H25N3OS2. The molecule has 0 radical (unpaired) electrons. The Morgan fingerprint density at radius 2 is 2.25 bits per heavy atom. The number of thioether (sulfide) groups is 1. The number of fused-ring (bicyclic) bond motifs is 3. The zero-order valence-electron chi connectivity index (χ0n) is 14.8. The molecule has 0 aromatic carbocycles. The van der Waals surface area contributed by atoms with Gasteiger partial charge in [0.15, 0.2) is 0 Å². The van der Waals surface area contributed by atoms with Gasteiger partial charge < -0.3 is 5.32 Å². The highest BCUT2D eigenvalue weighted by atomic mass is 32.2. The van der Waals surface area contributed by atoms with E-state index in [0.717, 1.165) is 35.0 Å². The number of nitrogens with one attached hydrogen (secondary N) is 1. The van der Waals surface area contributed by atoms with E-state index >= 15 is 0 Å². The fourth-order valence-electron chi connectivity index (χ4n) is 2.99. The summed E-state index contributed by atoms with van der Waals surface area (Å²) in [4.78, 5) is 23.7. The van der Waals surface area contributed by atoms with Gasteiger partial charge in [0.1, 0.15) is 16.2 Å². The van der Waals surface area contributed by atoms with Crippen molar-refractivity contribution in [3.8, 4) is 0 Å². The van der Waals surface area contributed by atoms with E-state index in [0.29, 0.717) is 5.75 Å². The predicted molar refractivity (Wildman–Crippen MR) is 102 cm³/mol. The molecule has 1 N–H and O–H groups in total. The zero-order chi connectivity index (χ0) is 17.3. The monoisotopic (exact) mass is 363 g/mol. The summed E-state index contributed by atoms with van der Waals surface area (Å²) in [7, 11) is 0. The van der Waals surface area contributed by atoms with Crippen molar-refractivity contribution in [1.29, 1.82) is 0 Å². The number of nitrogens with zero attached hydrogens (tertiary/aromatic N) is 2. The van der Waals surface area contributed by atoms with Crippen LogP contribution in [-0.2, 0) is 17.6 Å². The lowest BCUT2D eigenvalue weighted by Gasteiger charge is -2.24. The Morgan fingerprint density at radius 3 is 3.00 bits per heavy atom. The molecule has 0 aliphatic heterocycles. The Morgan fingerprint density at radius 1 is 1.46 bits per heavy atom. The molecular weight excluding hydrogens is 338 g/mol. The van der Waals surface area contributed by atoms with Crippen LogP contribution in [-0.4, -0.2) is 27.2 Å². The Kier molecular flexibility index (Phi) is 5.16. The normalized spacial score (nSPS) is 17.8. The van der Waals surface area contributed by atoms with Gasteiger partial charge in [0.25, 0.3) is 0 Å². The Balaban J connectivity index is 1.79. The first-order valence-electron chi connectivity index (χ1n) is 8.58. The molecule has 6 heteroatoms. The van der Waals surface area contributed by atoms with Crippen LogP contribution >= 0.6 is 23.1 Å². The second-order valence-corrected chi connectivity index (χ2v) is 9.33. The quantitative estimate of drug-likeness (QED) is 0.638. The van der Waals surface area contributed by atoms with Crippen LogP contribution in [0.4, 0.5) is 0 Å². The van der Waals surface area contributed by atoms with E-state index in [4.69, 9.17) is 0 Å². The van der Waals surface area contributed by atoms with E-state index < -0.39 is 0 Å². The molecule has 130 valence electrons. The van der Waals surface area contributed by atoms with Crippen LogP contribution in [0.1, 0.15) is 51.0 Å². The van der Waals surface area contributed by atoms with E-state index in [1.807, 2.05) is 0 Å². The summed E-state index contributed by atoms with van der Waals surface area (Å²) >= 11 is 3.33. The lowest BCUT2D eigenvalue weighted by Crippen LogP contribution is -2.43. The van der Waals surface area contributed by atoms with Crippen molar-refractivity contribution >= 4 is 39.2 Å². The molecule has 1 aliphatic carbocycles. The summed E-state index contributed by atoms with van der Waals surface area (Å²) in [5.74, 6) is 1.21. The van der Waals surface area contributed by atoms with Gasteiger partial charge in [-0.3, -0.25) is 4.79 Å². The number of rotatable bonds is 5. The smallest absolute Gasteiger partial charge is 0.230 e. The lowest BCUT2D eigenvalue weighted by molar-refractivity contribution is -0.120. The third-order valence-corrected chi connectivity index (χ3v) is 6.91. The molecule has 2 aromatic rings. The van der Waals surface area contributed by atoms with Crippen LogP contribution in [0.2, 0.25) is 0 Å². The number of aromatic nitrogens is 2. The van der Waals surface area contributed by atoms with Gasteiger partial charge in [-0.1, -0.05) is 25.6 Å². The molecule has 1 amide bonds. The fourth-order valence-corrected chi connectivity index (χ4v) is 5.23. The number of carbonyl (C=O) groups excluding carboxylic acids is 1. The Bertz CT molecular complexity index is 754. The van der Waals surface area contributed by atoms with Crippen LogP contribution in [0.5, 0.6) is 0 Å². The second kappa shape index (κ2) is 7.00. The van der Waals surface area contributed by atoms with Gasteiger partial charge in [-0.2, -0.15) is 0 Å². The average molecular weight is 364 g/mol. The van der Waals surface area contributed by atoms with Gasteiger partial charge >= 0.3 is 0 Å². The molecule has 1 aliphatic rings. The summed E-state index contributed by atoms with van der Waals surface area (Å²) in [5, 5.41) is 5.23. The molecule has 4 nitrogen and oxygen atoms in total. The van der Waals surface area contributed by atoms with E-state index in [1.54, 1.807) is 17.7 Å². The highest BCUT2D eigenvalue weighted by molar-refractivity contribution is 8.00. The van der Waals surface area contributed by atoms with Crippen molar-refractivity contribution in [2.24, 2.45) is 5.92 Å². The first kappa shape index (κ1) is 17.7. The van der Waals surface area contributed by atoms with Gasteiger partial charge in [-0.25, -0.2) is 9.97 Å². The number of aryl methyl sites for hydroxylation is 1. The summed E-state index contributed by atoms with van der Waals surface area (Å²) in [6.07, 6.45) is 6.02. The summed E-state index contributed by atoms with van der Waals surface area (Å²) in [6.45, 7) is 8.50. The van der Waals surface area contributed by atoms with E-state index in [9.17, 15) is 4.79 Å². The van der Waals surface area contributed by atoms with Crippen molar-refractivity contribution in [1.82, 2.24) is 15.3 Å². The van der Waals surface area contributed by atoms with Crippen molar-refractivity contribution in [2.75, 3.05) is 5.75 Å². The van der Waals surface area contributed by atoms with E-state index in [-0.39, 0.29) is 11.4 Å². The van der Waals surface area contributed by atoms with Crippen LogP contribution in [0.25, 0.3) is 10.2 Å². The van der Waals surface area contributed by atoms with E-state index in [2.05, 4.69) is 43.0 Å². The maximum Gasteiger partial charge on any atom is 0.230 e. The third kappa shape index (κ3) is 3.75. The molecule has 0 unspecified atom stereocenters. The topological polar surface area (TPSA) is 54.9 Å². The van der Waals surface area contributed by atoms with Gasteiger partial charge in [0.05, 0.1) is 5.75 Å². The highest BCUT2D eigenvalue weighted by Gasteiger charge is 2.24. The number of hydrogen-bond donors (Lipinski definition) is 1. The molecule has 24 heavy (non-hydrogen) atoms. The maximum absolute atomic E-state index is 12.2. The van der Waals surface area contributed by atoms with Gasteiger partial charge in [0, 0.05) is 15.8 Å². The predicted octanol–water partition coefficient (Wildman–Crippen LogP) is 4.21. The van der Waals surface area contributed by atoms with Gasteiger partial charge in [0.2, 0.25) is 5.91 Å². The van der Waals surface area contributed by atoms with Crippen molar-refractivity contribution < 1.29 is 4.79 Å². The maximum atomic E-state index is 12.2. The lowest BCUT2D eigenvalue weighted by atomic mass is 9.89. The minimum atomic E-state index is -0.156. The van der Waals surface area contributed by atoms with Crippen LogP contribution in [0.3, 0.4) is 0 Å². The van der Waals surface area contributed by atoms with E-state index in [1.165, 1.54) is 34.0 Å². The molecule has 0 fully saturated rings. The van der Waals surface area contributed by atoms with Crippen molar-refractivity contribution in [3.05, 3.63) is 16.8 Å². The number of hydrogen-bond acceptors (Lipinski definition) is 5. The first-order valence-corrected chi connectivity index (χ1v) is 10.4. The third-order valence-electron chi connectivity index (χ3n) is 4.76. The second-order valence-electron chi connectivity index (χ2n) is 7.29. The molecule has 1 atom stereocenters. The zero-order valence-corrected chi connectivity index (χ0v) is 16.4. The molecule has 2 heterocycles. The van der Waals surface area contributed by atoms with Gasteiger partial charge in [-0.15, -0.1) is 11.3 Å². The Hall–Kier alpha value is -1.14. The summed E-state index contributed by atoms with van der Waals surface area (Å²) in [5.41, 5.74) is 1.27. The minimum Gasteiger partial charge on any atom is -0.351 e. The number of carbonyl (C=O) groups is 1. The van der Waals surface area contributed by atoms with Crippen molar-refractivity contribution in [3.63, 3.8) is 0 Å². The molecule has 3 rings (SSSR count). The minimum absolute atomic E-state index is 0.0660. The average Bonchev–Trinajstić information content (AvgIpc) is 2.90. The van der Waals surface area contributed by atoms with Crippen LogP contribution in [0.15, 0.2) is 11.4 Å². The molecule has 0 bridgehead atoms. The highest BCUT2D eigenvalue weighted by Crippen LogP contribution is 2.40. The molecule has 0 saturated heterocycles. The summed E-state index contributed by atoms with van der Waals surface area (Å²) in [6, 6.07) is 0. The standard InChI is InChI=1S/C18H25N3OS2/c1-5-18(3,4)21-14(22)9-23-16-15-12-7-6-11(2)8-13(12)24-17(15)20-10-19-16/h10-11H,5-9H2,1-4H3,(H,21,22)/t11-/m1/s1. The van der Waals surface area contributed by atoms with Gasteiger partial charge in [-0.05, 0) is 51.0 Å². The van der Waals surface area contributed by atoms with Crippen LogP contribution < -0.4 is 5.32 Å². The number of thiophene rings is 1. The molecule has 0 spiro atoms. The first-order chi connectivity index (χ1) is 11.4. The van der Waals surface area contributed by atoms with Crippen molar-refractivity contribution in [2.45, 2.75) is 63.9 Å². The SMILES string of the molecule is CCC(C)(C)NC(=O)CSc1ncnc2sc3c(c12)CC[C@@H](C)C3. The fraction of sp³-hybridized carbons (Fsp3) is 0.611. The summed E-state index contributed by atoms with van der Waals surface area (Å²) < 4.78 is 0. The molecule has 0 saturated carbocycles. The number of amides is 1. The van der Waals surface area contributed by atoms with Crippen LogP contribution in [0, 0.1) is 5.92 Å². The largest absolute Gasteiger partial charge is 0.351 e.